The largest absolute Gasteiger partial charge is 0.566 e. The average molecular weight is 321 g/mol. The molecule has 0 spiro atoms. The van der Waals surface area contributed by atoms with Gasteiger partial charge in [0, 0.05) is 0 Å². The lowest BCUT2D eigenvalue weighted by atomic mass is 9.98. The summed E-state index contributed by atoms with van der Waals surface area (Å²) < 4.78 is 10.2. The minimum atomic E-state index is -1.39. The van der Waals surface area contributed by atoms with Gasteiger partial charge in [-0.1, -0.05) is 29.7 Å². The lowest BCUT2D eigenvalue weighted by molar-refractivity contribution is -1.21. The Morgan fingerprint density at radius 3 is 2.61 bits per heavy atom. The Morgan fingerprint density at radius 2 is 1.91 bits per heavy atom. The Labute approximate surface area is 133 Å². The molecule has 0 radical (unpaired) electrons. The van der Waals surface area contributed by atoms with E-state index in [2.05, 4.69) is 4.84 Å². The van der Waals surface area contributed by atoms with Gasteiger partial charge < -0.3 is 14.7 Å². The van der Waals surface area contributed by atoms with E-state index >= 15 is 0 Å². The molecule has 2 unspecified atom stereocenters. The summed E-state index contributed by atoms with van der Waals surface area (Å²) in [5.41, 5.74) is 0.826. The van der Waals surface area contributed by atoms with E-state index in [1.807, 2.05) is 36.4 Å². The normalized spacial score (nSPS) is 13.6. The van der Waals surface area contributed by atoms with E-state index in [4.69, 9.17) is 14.7 Å². The number of carbonyl (C=O) groups excluding carboxylic acids is 1. The lowest BCUT2D eigenvalue weighted by Crippen LogP contribution is -3.03. The van der Waals surface area contributed by atoms with Crippen molar-refractivity contribution in [1.29, 1.82) is 0 Å². The highest BCUT2D eigenvalue weighted by atomic mass is 17.1. The van der Waals surface area contributed by atoms with Gasteiger partial charge in [0.1, 0.15) is 19.0 Å². The van der Waals surface area contributed by atoms with Crippen molar-refractivity contribution >= 4 is 16.7 Å². The zero-order valence-electron chi connectivity index (χ0n) is 12.9. The van der Waals surface area contributed by atoms with Crippen LogP contribution in [-0.4, -0.2) is 31.5 Å². The van der Waals surface area contributed by atoms with E-state index < -0.39 is 17.3 Å². The summed E-state index contributed by atoms with van der Waals surface area (Å²) >= 11 is 0. The van der Waals surface area contributed by atoms with Crippen LogP contribution in [0.1, 0.15) is 18.4 Å². The van der Waals surface area contributed by atoms with E-state index in [9.17, 15) is 10.0 Å². The van der Waals surface area contributed by atoms with Gasteiger partial charge in [-0.25, -0.2) is 0 Å². The number of benzene rings is 2. The van der Waals surface area contributed by atoms with Crippen molar-refractivity contribution in [2.75, 3.05) is 20.3 Å². The van der Waals surface area contributed by atoms with Crippen molar-refractivity contribution in [2.45, 2.75) is 12.8 Å². The second-order valence-corrected chi connectivity index (χ2v) is 4.98. The summed E-state index contributed by atoms with van der Waals surface area (Å²) in [6.45, 7) is 1.47. The molecule has 7 nitrogen and oxygen atoms in total. The molecule has 2 atom stereocenters. The van der Waals surface area contributed by atoms with Crippen LogP contribution in [0.25, 0.3) is 10.8 Å². The molecule has 0 aliphatic rings. The number of fused-ring (bicyclic) bond motifs is 1. The summed E-state index contributed by atoms with van der Waals surface area (Å²) in [7, 11) is 1.61. The second-order valence-electron chi connectivity index (χ2n) is 4.98. The number of esters is 1. The van der Waals surface area contributed by atoms with Crippen LogP contribution >= 0.6 is 0 Å². The number of ether oxygens (including phenoxy) is 2. The molecule has 2 aromatic rings. The number of carbonyl (C=O) groups is 1. The van der Waals surface area contributed by atoms with Gasteiger partial charge in [0.2, 0.25) is 0 Å². The zero-order chi connectivity index (χ0) is 16.8. The summed E-state index contributed by atoms with van der Waals surface area (Å²) in [6, 6.07) is 11.4. The third-order valence-electron chi connectivity index (χ3n) is 3.48. The van der Waals surface area contributed by atoms with E-state index in [1.165, 1.54) is 0 Å². The monoisotopic (exact) mass is 321 g/mol. The molecule has 7 heteroatoms. The minimum absolute atomic E-state index is 0.0970. The van der Waals surface area contributed by atoms with E-state index in [0.29, 0.717) is 0 Å². The Kier molecular flexibility index (Phi) is 5.89. The number of rotatable bonds is 7. The molecule has 0 heterocycles. The summed E-state index contributed by atoms with van der Waals surface area (Å²) in [6.07, 6.45) is 0. The topological polar surface area (TPSA) is 92.5 Å². The molecule has 23 heavy (non-hydrogen) atoms. The van der Waals surface area contributed by atoms with Crippen LogP contribution in [0.3, 0.4) is 0 Å². The quantitative estimate of drug-likeness (QED) is 0.452. The Morgan fingerprint density at radius 1 is 1.22 bits per heavy atom. The zero-order valence-corrected chi connectivity index (χ0v) is 12.9. The van der Waals surface area contributed by atoms with Gasteiger partial charge in [-0.2, -0.15) is 10.0 Å². The summed E-state index contributed by atoms with van der Waals surface area (Å²) in [4.78, 5) is 16.3. The van der Waals surface area contributed by atoms with E-state index in [0.717, 1.165) is 22.1 Å². The maximum atomic E-state index is 12.0. The standard InChI is InChI=1S/C16H19NO6/c1-11(16(18)22-7-8-23-17(19)20)12-3-4-14-10-15(21-2)6-5-13(14)9-12/h3-6,9-11,17,19H,7-8H2,1-2H3. The average Bonchev–Trinajstić information content (AvgIpc) is 2.56. The molecule has 0 aliphatic carbocycles. The first kappa shape index (κ1) is 17.2. The van der Waals surface area contributed by atoms with Crippen LogP contribution in [0.2, 0.25) is 0 Å². The Hall–Kier alpha value is -2.19. The van der Waals surface area contributed by atoms with Crippen LogP contribution in [0.15, 0.2) is 36.4 Å². The molecular weight excluding hydrogens is 302 g/mol. The van der Waals surface area contributed by atoms with Crippen LogP contribution in [0.4, 0.5) is 0 Å². The molecular formula is C16H19NO6. The van der Waals surface area contributed by atoms with Crippen molar-refractivity contribution in [3.05, 3.63) is 47.2 Å². The van der Waals surface area contributed by atoms with Crippen LogP contribution < -0.4 is 10.1 Å². The van der Waals surface area contributed by atoms with E-state index in [1.54, 1.807) is 14.0 Å². The highest BCUT2D eigenvalue weighted by molar-refractivity contribution is 5.86. The molecule has 0 saturated heterocycles. The van der Waals surface area contributed by atoms with Gasteiger partial charge >= 0.3 is 5.97 Å². The predicted octanol–water partition coefficient (Wildman–Crippen LogP) is 1.20. The first-order valence-corrected chi connectivity index (χ1v) is 7.11. The summed E-state index contributed by atoms with van der Waals surface area (Å²) in [5.74, 6) is -0.102. The van der Waals surface area contributed by atoms with Crippen LogP contribution in [0, 0.1) is 5.21 Å². The molecule has 124 valence electrons. The fraction of sp³-hybridized carbons (Fsp3) is 0.312. The second kappa shape index (κ2) is 7.89. The maximum absolute atomic E-state index is 12.0. The van der Waals surface area contributed by atoms with E-state index in [-0.39, 0.29) is 13.2 Å². The lowest BCUT2D eigenvalue weighted by Gasteiger charge is -2.14. The number of hydrogen-bond acceptors (Lipinski definition) is 6. The molecule has 0 saturated carbocycles. The van der Waals surface area contributed by atoms with Crippen LogP contribution in [-0.2, 0) is 14.4 Å². The molecule has 2 N–H and O–H groups in total. The van der Waals surface area contributed by atoms with Gasteiger partial charge in [0.05, 0.1) is 13.0 Å². The number of hydrogen-bond donors (Lipinski definition) is 2. The molecule has 0 aliphatic heterocycles. The molecule has 2 aromatic carbocycles. The van der Waals surface area contributed by atoms with Crippen molar-refractivity contribution < 1.29 is 29.7 Å². The summed E-state index contributed by atoms with van der Waals surface area (Å²) in [5, 5.41) is 19.2. The molecule has 0 bridgehead atoms. The van der Waals surface area contributed by atoms with Crippen molar-refractivity contribution in [1.82, 2.24) is 0 Å². The van der Waals surface area contributed by atoms with Gasteiger partial charge in [0.25, 0.3) is 0 Å². The van der Waals surface area contributed by atoms with Gasteiger partial charge in [-0.15, -0.1) is 0 Å². The highest BCUT2D eigenvalue weighted by Gasteiger charge is 2.17. The van der Waals surface area contributed by atoms with Crippen molar-refractivity contribution in [3.63, 3.8) is 0 Å². The first-order chi connectivity index (χ1) is 11.0. The number of quaternary nitrogens is 1. The molecule has 0 amide bonds. The SMILES string of the molecule is COc1ccc2cc(C(C)C(=O)OCCO[NH+]([O-])O)ccc2c1. The number of methoxy groups -OCH3 is 1. The van der Waals surface area contributed by atoms with Gasteiger partial charge in [-0.05, 0) is 35.4 Å². The van der Waals surface area contributed by atoms with Gasteiger partial charge in [0.15, 0.2) is 0 Å². The maximum Gasteiger partial charge on any atom is 0.313 e. The molecule has 0 fully saturated rings. The fourth-order valence-corrected chi connectivity index (χ4v) is 2.17. The number of nitrogens with one attached hydrogen (secondary N) is 1. The Bertz CT molecular complexity index is 673. The minimum Gasteiger partial charge on any atom is -0.566 e. The first-order valence-electron chi connectivity index (χ1n) is 7.11. The van der Waals surface area contributed by atoms with Crippen molar-refractivity contribution in [2.24, 2.45) is 0 Å². The fourth-order valence-electron chi connectivity index (χ4n) is 2.17. The smallest absolute Gasteiger partial charge is 0.313 e. The third kappa shape index (κ3) is 4.64. The predicted molar refractivity (Wildman–Crippen MR) is 81.9 cm³/mol. The Balaban J connectivity index is 2.02. The third-order valence-corrected chi connectivity index (χ3v) is 3.48. The molecule has 0 aromatic heterocycles. The van der Waals surface area contributed by atoms with Gasteiger partial charge in [-0.3, -0.25) is 4.79 Å². The molecule has 2 rings (SSSR count). The van der Waals surface area contributed by atoms with Crippen LogP contribution in [0.5, 0.6) is 5.75 Å². The van der Waals surface area contributed by atoms with Crippen molar-refractivity contribution in [3.8, 4) is 5.75 Å². The highest BCUT2D eigenvalue weighted by Crippen LogP contribution is 2.25.